The Labute approximate surface area is 189 Å². The Balaban J connectivity index is 1.41. The predicted octanol–water partition coefficient (Wildman–Crippen LogP) is 4.46. The summed E-state index contributed by atoms with van der Waals surface area (Å²) in [7, 11) is 0. The van der Waals surface area contributed by atoms with Gasteiger partial charge in [0, 0.05) is 22.9 Å². The molecule has 1 amide bonds. The van der Waals surface area contributed by atoms with Crippen molar-refractivity contribution in [1.29, 1.82) is 0 Å². The smallest absolute Gasteiger partial charge is 0.240 e. The van der Waals surface area contributed by atoms with Crippen LogP contribution in [0.1, 0.15) is 51.4 Å². The van der Waals surface area contributed by atoms with Crippen molar-refractivity contribution >= 4 is 27.7 Å². The van der Waals surface area contributed by atoms with Gasteiger partial charge in [0.25, 0.3) is 0 Å². The van der Waals surface area contributed by atoms with Crippen LogP contribution >= 0.6 is 0 Å². The van der Waals surface area contributed by atoms with Crippen LogP contribution in [0.3, 0.4) is 0 Å². The van der Waals surface area contributed by atoms with E-state index in [1.807, 2.05) is 53.1 Å². The van der Waals surface area contributed by atoms with E-state index in [9.17, 15) is 9.59 Å². The van der Waals surface area contributed by atoms with E-state index >= 15 is 0 Å². The first-order valence-electron chi connectivity index (χ1n) is 12.2. The number of rotatable bonds is 5. The molecule has 0 spiro atoms. The summed E-state index contributed by atoms with van der Waals surface area (Å²) in [5, 5.41) is 4.63. The van der Waals surface area contributed by atoms with Gasteiger partial charge in [-0.15, -0.1) is 0 Å². The molecule has 1 aromatic heterocycles. The summed E-state index contributed by atoms with van der Waals surface area (Å²) in [4.78, 5) is 28.8. The number of nitrogens with zero attached hydrogens (tertiary/aromatic N) is 2. The van der Waals surface area contributed by atoms with Crippen LogP contribution in [0.2, 0.25) is 0 Å². The van der Waals surface area contributed by atoms with Crippen molar-refractivity contribution in [3.8, 4) is 0 Å². The Morgan fingerprint density at radius 2 is 1.38 bits per heavy atom. The van der Waals surface area contributed by atoms with Gasteiger partial charge in [-0.1, -0.05) is 49.9 Å². The van der Waals surface area contributed by atoms with Gasteiger partial charge < -0.3 is 9.88 Å². The molecule has 2 heterocycles. The van der Waals surface area contributed by atoms with Crippen molar-refractivity contribution in [2.75, 3.05) is 19.6 Å². The van der Waals surface area contributed by atoms with Gasteiger partial charge in [0.1, 0.15) is 6.54 Å². The van der Waals surface area contributed by atoms with Gasteiger partial charge in [0.05, 0.1) is 11.0 Å². The van der Waals surface area contributed by atoms with Crippen LogP contribution in [-0.2, 0) is 11.3 Å². The molecule has 1 N–H and O–H groups in total. The van der Waals surface area contributed by atoms with Crippen LogP contribution in [0.5, 0.6) is 0 Å². The van der Waals surface area contributed by atoms with E-state index in [4.69, 9.17) is 0 Å². The Morgan fingerprint density at radius 1 is 0.812 bits per heavy atom. The molecule has 0 atom stereocenters. The van der Waals surface area contributed by atoms with Crippen LogP contribution in [0.15, 0.2) is 53.3 Å². The Bertz CT molecular complexity index is 1110. The Kier molecular flexibility index (Phi) is 6.01. The molecule has 1 aliphatic heterocycles. The molecule has 2 aromatic carbocycles. The maximum absolute atomic E-state index is 13.2. The number of carbonyl (C=O) groups excluding carboxylic acids is 1. The monoisotopic (exact) mass is 431 g/mol. The van der Waals surface area contributed by atoms with Crippen LogP contribution in [0.4, 0.5) is 0 Å². The highest BCUT2D eigenvalue weighted by molar-refractivity contribution is 5.94. The summed E-state index contributed by atoms with van der Waals surface area (Å²) in [5.41, 5.74) is 1.77. The summed E-state index contributed by atoms with van der Waals surface area (Å²) in [6, 6.07) is 15.2. The molecule has 2 fully saturated rings. The molecule has 0 unspecified atom stereocenters. The molecule has 168 valence electrons. The molecule has 3 aromatic rings. The summed E-state index contributed by atoms with van der Waals surface area (Å²) in [5.74, 6) is 0.0194. The van der Waals surface area contributed by atoms with Gasteiger partial charge in [-0.3, -0.25) is 14.5 Å². The molecule has 1 saturated carbocycles. The van der Waals surface area contributed by atoms with Crippen LogP contribution in [0.25, 0.3) is 21.8 Å². The molecule has 5 rings (SSSR count). The number of aromatic nitrogens is 1. The van der Waals surface area contributed by atoms with Crippen molar-refractivity contribution in [1.82, 2.24) is 14.8 Å². The number of nitrogens with one attached hydrogen (secondary N) is 1. The van der Waals surface area contributed by atoms with E-state index in [1.54, 1.807) is 0 Å². The number of carbonyl (C=O) groups is 1. The molecule has 1 aliphatic carbocycles. The van der Waals surface area contributed by atoms with Crippen molar-refractivity contribution < 1.29 is 4.79 Å². The molecule has 32 heavy (non-hydrogen) atoms. The number of para-hydroxylation sites is 2. The third kappa shape index (κ3) is 3.95. The molecule has 5 heteroatoms. The zero-order valence-corrected chi connectivity index (χ0v) is 18.8. The van der Waals surface area contributed by atoms with Crippen LogP contribution < -0.4 is 10.7 Å². The third-order valence-corrected chi connectivity index (χ3v) is 7.61. The second-order valence-corrected chi connectivity index (χ2v) is 9.56. The lowest BCUT2D eigenvalue weighted by Gasteiger charge is -2.48. The van der Waals surface area contributed by atoms with Crippen molar-refractivity contribution in [3.05, 3.63) is 58.8 Å². The maximum atomic E-state index is 13.2. The number of hydrogen-bond donors (Lipinski definition) is 1. The lowest BCUT2D eigenvalue weighted by Crippen LogP contribution is -2.58. The van der Waals surface area contributed by atoms with Gasteiger partial charge in [0.2, 0.25) is 5.91 Å². The SMILES string of the molecule is O=C(Cn1c2ccccc2c(=O)c2ccccc21)NCC1(N2CCCCC2)CCCCC1. The quantitative estimate of drug-likeness (QED) is 0.607. The van der Waals surface area contributed by atoms with Crippen molar-refractivity contribution in [2.24, 2.45) is 0 Å². The second kappa shape index (κ2) is 9.07. The fraction of sp³-hybridized carbons (Fsp3) is 0.481. The normalized spacial score (nSPS) is 19.2. The largest absolute Gasteiger partial charge is 0.353 e. The van der Waals surface area contributed by atoms with Gasteiger partial charge >= 0.3 is 0 Å². The number of amides is 1. The average Bonchev–Trinajstić information content (AvgIpc) is 2.86. The van der Waals surface area contributed by atoms with Gasteiger partial charge in [-0.05, 0) is 63.0 Å². The van der Waals surface area contributed by atoms with Gasteiger partial charge in [-0.2, -0.15) is 0 Å². The number of pyridine rings is 1. The topological polar surface area (TPSA) is 54.3 Å². The number of likely N-dealkylation sites (tertiary alicyclic amines) is 1. The summed E-state index contributed by atoms with van der Waals surface area (Å²) < 4.78 is 2.00. The second-order valence-electron chi connectivity index (χ2n) is 9.56. The average molecular weight is 432 g/mol. The number of fused-ring (bicyclic) bond motifs is 2. The Hall–Kier alpha value is -2.66. The molecule has 5 nitrogen and oxygen atoms in total. The zero-order valence-electron chi connectivity index (χ0n) is 18.8. The van der Waals surface area contributed by atoms with Gasteiger partial charge in [-0.25, -0.2) is 0 Å². The lowest BCUT2D eigenvalue weighted by molar-refractivity contribution is -0.122. The first kappa shape index (κ1) is 21.2. The highest BCUT2D eigenvalue weighted by Gasteiger charge is 2.38. The lowest BCUT2D eigenvalue weighted by atomic mass is 9.79. The van der Waals surface area contributed by atoms with E-state index in [-0.39, 0.29) is 23.4 Å². The molecular weight excluding hydrogens is 398 g/mol. The fourth-order valence-electron chi connectivity index (χ4n) is 5.89. The fourth-order valence-corrected chi connectivity index (χ4v) is 5.89. The minimum Gasteiger partial charge on any atom is -0.353 e. The number of benzene rings is 2. The molecule has 1 saturated heterocycles. The molecule has 2 aliphatic rings. The summed E-state index contributed by atoms with van der Waals surface area (Å²) in [6.07, 6.45) is 10.0. The first-order valence-corrected chi connectivity index (χ1v) is 12.2. The molecular formula is C27H33N3O2. The highest BCUT2D eigenvalue weighted by atomic mass is 16.2. The Morgan fingerprint density at radius 3 is 2.00 bits per heavy atom. The maximum Gasteiger partial charge on any atom is 0.240 e. The van der Waals surface area contributed by atoms with Gasteiger partial charge in [0.15, 0.2) is 5.43 Å². The standard InChI is InChI=1S/C27H33N3O2/c31-25(28-20-27(15-7-1-8-16-27)29-17-9-2-10-18-29)19-30-23-13-5-3-11-21(23)26(32)22-12-4-6-14-24(22)30/h3-6,11-14H,1-2,7-10,15-20H2,(H,28,31). The number of piperidine rings is 1. The minimum absolute atomic E-state index is 0.0194. The van der Waals surface area contributed by atoms with Crippen molar-refractivity contribution in [3.63, 3.8) is 0 Å². The summed E-state index contributed by atoms with van der Waals surface area (Å²) in [6.45, 7) is 3.26. The van der Waals surface area contributed by atoms with Crippen LogP contribution in [0, 0.1) is 0 Å². The summed E-state index contributed by atoms with van der Waals surface area (Å²) >= 11 is 0. The molecule has 0 bridgehead atoms. The number of hydrogen-bond acceptors (Lipinski definition) is 3. The first-order chi connectivity index (χ1) is 15.7. The zero-order chi connectivity index (χ0) is 22.0. The van der Waals surface area contributed by atoms with Crippen molar-refractivity contribution in [2.45, 2.75) is 63.5 Å². The highest BCUT2D eigenvalue weighted by Crippen LogP contribution is 2.35. The van der Waals surface area contributed by atoms with E-state index < -0.39 is 0 Å². The van der Waals surface area contributed by atoms with E-state index in [0.717, 1.165) is 30.7 Å². The van der Waals surface area contributed by atoms with E-state index in [2.05, 4.69) is 10.2 Å². The third-order valence-electron chi connectivity index (χ3n) is 7.61. The molecule has 0 radical (unpaired) electrons. The van der Waals surface area contributed by atoms with Crippen LogP contribution in [-0.4, -0.2) is 40.5 Å². The predicted molar refractivity (Wildman–Crippen MR) is 130 cm³/mol. The van der Waals surface area contributed by atoms with E-state index in [1.165, 1.54) is 51.4 Å². The van der Waals surface area contributed by atoms with E-state index in [0.29, 0.717) is 10.8 Å². The minimum atomic E-state index is 0.0194.